The van der Waals surface area contributed by atoms with Crippen LogP contribution in [0, 0.1) is 0 Å². The summed E-state index contributed by atoms with van der Waals surface area (Å²) in [5.41, 5.74) is 0. The number of nitrogens with one attached hydrogen (secondary N) is 1. The van der Waals surface area contributed by atoms with Crippen molar-refractivity contribution in [3.05, 3.63) is 12.2 Å². The van der Waals surface area contributed by atoms with Gasteiger partial charge in [-0.05, 0) is 12.8 Å². The number of amides is 3. The van der Waals surface area contributed by atoms with E-state index in [1.54, 1.807) is 7.11 Å². The Kier molecular flexibility index (Phi) is 5.31. The summed E-state index contributed by atoms with van der Waals surface area (Å²) in [6.45, 7) is 0.986. The summed E-state index contributed by atoms with van der Waals surface area (Å²) in [7, 11) is 1.58. The Hall–Kier alpha value is -1.89. The van der Waals surface area contributed by atoms with E-state index in [0.717, 1.165) is 18.9 Å². The number of likely N-dealkylation sites (tertiary alicyclic amines) is 1. The first-order valence-electron chi connectivity index (χ1n) is 5.56. The van der Waals surface area contributed by atoms with Gasteiger partial charge in [-0.3, -0.25) is 10.1 Å². The van der Waals surface area contributed by atoms with Crippen molar-refractivity contribution >= 4 is 17.9 Å². The van der Waals surface area contributed by atoms with Gasteiger partial charge in [-0.2, -0.15) is 0 Å². The predicted molar refractivity (Wildman–Crippen MR) is 61.9 cm³/mol. The van der Waals surface area contributed by atoms with Crippen molar-refractivity contribution < 1.29 is 24.2 Å². The van der Waals surface area contributed by atoms with E-state index in [2.05, 4.69) is 5.32 Å². The summed E-state index contributed by atoms with van der Waals surface area (Å²) < 4.78 is 5.16. The molecule has 3 amide bonds. The fourth-order valence-corrected chi connectivity index (χ4v) is 1.69. The zero-order chi connectivity index (χ0) is 13.5. The lowest BCUT2D eigenvalue weighted by Crippen LogP contribution is -2.48. The zero-order valence-corrected chi connectivity index (χ0v) is 10.1. The highest BCUT2D eigenvalue weighted by Crippen LogP contribution is 2.12. The van der Waals surface area contributed by atoms with E-state index in [9.17, 15) is 14.4 Å². The summed E-state index contributed by atoms with van der Waals surface area (Å²) in [6, 6.07) is -0.531. The highest BCUT2D eigenvalue weighted by atomic mass is 16.5. The van der Waals surface area contributed by atoms with Crippen molar-refractivity contribution in [1.29, 1.82) is 0 Å². The third-order valence-electron chi connectivity index (χ3n) is 2.61. The Balaban J connectivity index is 2.44. The average molecular weight is 256 g/mol. The van der Waals surface area contributed by atoms with E-state index in [-0.39, 0.29) is 6.10 Å². The SMILES string of the molecule is COC1CCCN(C(=O)NC(=O)/C=C/C(=O)O)C1. The van der Waals surface area contributed by atoms with Crippen LogP contribution in [0.3, 0.4) is 0 Å². The molecule has 0 saturated carbocycles. The van der Waals surface area contributed by atoms with Gasteiger partial charge in [0.1, 0.15) is 0 Å². The van der Waals surface area contributed by atoms with Crippen LogP contribution in [0.4, 0.5) is 4.79 Å². The fraction of sp³-hybridized carbons (Fsp3) is 0.545. The normalized spacial score (nSPS) is 19.8. The van der Waals surface area contributed by atoms with Crippen LogP contribution in [0.1, 0.15) is 12.8 Å². The Bertz CT molecular complexity index is 366. The lowest BCUT2D eigenvalue weighted by Gasteiger charge is -2.31. The number of aliphatic carboxylic acids is 1. The molecule has 18 heavy (non-hydrogen) atoms. The number of imide groups is 1. The van der Waals surface area contributed by atoms with Crippen LogP contribution in [-0.2, 0) is 14.3 Å². The molecule has 0 aromatic rings. The molecule has 1 aliphatic heterocycles. The molecule has 7 heteroatoms. The smallest absolute Gasteiger partial charge is 0.328 e. The lowest BCUT2D eigenvalue weighted by atomic mass is 10.1. The molecule has 1 atom stereocenters. The van der Waals surface area contributed by atoms with Gasteiger partial charge in [-0.25, -0.2) is 9.59 Å². The average Bonchev–Trinajstić information content (AvgIpc) is 2.36. The maximum absolute atomic E-state index is 11.7. The Morgan fingerprint density at radius 1 is 1.39 bits per heavy atom. The highest BCUT2D eigenvalue weighted by Gasteiger charge is 2.23. The van der Waals surface area contributed by atoms with Crippen molar-refractivity contribution in [2.75, 3.05) is 20.2 Å². The minimum Gasteiger partial charge on any atom is -0.478 e. The molecule has 100 valence electrons. The van der Waals surface area contributed by atoms with E-state index in [4.69, 9.17) is 9.84 Å². The fourth-order valence-electron chi connectivity index (χ4n) is 1.69. The molecule has 1 aliphatic rings. The molecule has 0 aliphatic carbocycles. The van der Waals surface area contributed by atoms with Crippen LogP contribution in [0.2, 0.25) is 0 Å². The number of hydrogen-bond acceptors (Lipinski definition) is 4. The second-order valence-corrected chi connectivity index (χ2v) is 3.91. The molecule has 2 N–H and O–H groups in total. The summed E-state index contributed by atoms with van der Waals surface area (Å²) in [5.74, 6) is -1.99. The van der Waals surface area contributed by atoms with Gasteiger partial charge in [0.15, 0.2) is 0 Å². The standard InChI is InChI=1S/C11H16N2O5/c1-18-8-3-2-6-13(7-8)11(17)12-9(14)4-5-10(15)16/h4-5,8H,2-3,6-7H2,1H3,(H,15,16)(H,12,14,17)/b5-4+. The number of nitrogens with zero attached hydrogens (tertiary/aromatic N) is 1. The minimum atomic E-state index is -1.24. The molecule has 0 aromatic heterocycles. The van der Waals surface area contributed by atoms with E-state index in [1.165, 1.54) is 4.90 Å². The van der Waals surface area contributed by atoms with Gasteiger partial charge < -0.3 is 14.7 Å². The van der Waals surface area contributed by atoms with Gasteiger partial charge in [0.05, 0.1) is 6.10 Å². The number of urea groups is 1. The van der Waals surface area contributed by atoms with Crippen molar-refractivity contribution in [3.8, 4) is 0 Å². The van der Waals surface area contributed by atoms with Gasteiger partial charge in [0, 0.05) is 32.4 Å². The maximum Gasteiger partial charge on any atom is 0.328 e. The first kappa shape index (κ1) is 14.2. The topological polar surface area (TPSA) is 95.9 Å². The number of piperidine rings is 1. The quantitative estimate of drug-likeness (QED) is 0.691. The third kappa shape index (κ3) is 4.54. The van der Waals surface area contributed by atoms with Crippen LogP contribution in [0.25, 0.3) is 0 Å². The van der Waals surface area contributed by atoms with Crippen molar-refractivity contribution in [2.45, 2.75) is 18.9 Å². The summed E-state index contributed by atoms with van der Waals surface area (Å²) in [4.78, 5) is 34.6. The molecule has 0 radical (unpaired) electrons. The number of rotatable bonds is 3. The first-order chi connectivity index (χ1) is 8.52. The van der Waals surface area contributed by atoms with Crippen LogP contribution < -0.4 is 5.32 Å². The van der Waals surface area contributed by atoms with Crippen LogP contribution >= 0.6 is 0 Å². The number of hydrogen-bond donors (Lipinski definition) is 2. The van der Waals surface area contributed by atoms with Gasteiger partial charge in [0.25, 0.3) is 5.91 Å². The number of carboxylic acid groups (broad SMARTS) is 1. The van der Waals surface area contributed by atoms with Crippen LogP contribution in [0.5, 0.6) is 0 Å². The minimum absolute atomic E-state index is 0.0193. The van der Waals surface area contributed by atoms with Gasteiger partial charge in [-0.15, -0.1) is 0 Å². The van der Waals surface area contributed by atoms with Crippen molar-refractivity contribution in [2.24, 2.45) is 0 Å². The molecule has 0 aromatic carbocycles. The molecule has 1 fully saturated rings. The summed E-state index contributed by atoms with van der Waals surface area (Å²) in [5, 5.41) is 10.4. The molecular formula is C11H16N2O5. The van der Waals surface area contributed by atoms with E-state index in [0.29, 0.717) is 19.2 Å². The number of carbonyl (C=O) groups is 3. The molecule has 1 unspecified atom stereocenters. The lowest BCUT2D eigenvalue weighted by molar-refractivity contribution is -0.131. The second-order valence-electron chi connectivity index (χ2n) is 3.91. The molecule has 1 saturated heterocycles. The Morgan fingerprint density at radius 2 is 2.11 bits per heavy atom. The predicted octanol–water partition coefficient (Wildman–Crippen LogP) is -0.0258. The number of ether oxygens (including phenoxy) is 1. The maximum atomic E-state index is 11.7. The third-order valence-corrected chi connectivity index (χ3v) is 2.61. The molecule has 7 nitrogen and oxygen atoms in total. The van der Waals surface area contributed by atoms with E-state index in [1.807, 2.05) is 0 Å². The monoisotopic (exact) mass is 256 g/mol. The number of methoxy groups -OCH3 is 1. The Labute approximate surface area is 104 Å². The molecular weight excluding hydrogens is 240 g/mol. The molecule has 0 spiro atoms. The highest BCUT2D eigenvalue weighted by molar-refractivity contribution is 6.02. The van der Waals surface area contributed by atoms with Crippen molar-refractivity contribution in [3.63, 3.8) is 0 Å². The first-order valence-corrected chi connectivity index (χ1v) is 5.56. The Morgan fingerprint density at radius 3 is 2.72 bits per heavy atom. The van der Waals surface area contributed by atoms with Gasteiger partial charge in [-0.1, -0.05) is 0 Å². The molecule has 0 bridgehead atoms. The summed E-state index contributed by atoms with van der Waals surface area (Å²) in [6.07, 6.45) is 3.15. The van der Waals surface area contributed by atoms with Gasteiger partial charge >= 0.3 is 12.0 Å². The van der Waals surface area contributed by atoms with E-state index < -0.39 is 17.9 Å². The summed E-state index contributed by atoms with van der Waals surface area (Å²) >= 11 is 0. The molecule has 1 heterocycles. The second kappa shape index (κ2) is 6.75. The van der Waals surface area contributed by atoms with Crippen LogP contribution in [-0.4, -0.2) is 54.2 Å². The largest absolute Gasteiger partial charge is 0.478 e. The van der Waals surface area contributed by atoms with Crippen LogP contribution in [0.15, 0.2) is 12.2 Å². The van der Waals surface area contributed by atoms with E-state index >= 15 is 0 Å². The molecule has 1 rings (SSSR count). The number of carbonyl (C=O) groups excluding carboxylic acids is 2. The van der Waals surface area contributed by atoms with Gasteiger partial charge in [0.2, 0.25) is 0 Å². The number of carboxylic acids is 1. The van der Waals surface area contributed by atoms with Crippen molar-refractivity contribution in [1.82, 2.24) is 10.2 Å². The zero-order valence-electron chi connectivity index (χ0n) is 10.1.